The Morgan fingerprint density at radius 3 is 2.70 bits per heavy atom. The van der Waals surface area contributed by atoms with Gasteiger partial charge in [-0.15, -0.1) is 0 Å². The summed E-state index contributed by atoms with van der Waals surface area (Å²) in [6.07, 6.45) is 2.41. The molecule has 0 saturated carbocycles. The van der Waals surface area contributed by atoms with Crippen LogP contribution < -0.4 is 15.4 Å². The van der Waals surface area contributed by atoms with Gasteiger partial charge in [0.15, 0.2) is 0 Å². The van der Waals surface area contributed by atoms with Gasteiger partial charge in [-0.05, 0) is 49.1 Å². The zero-order chi connectivity index (χ0) is 21.1. The van der Waals surface area contributed by atoms with Gasteiger partial charge < -0.3 is 15.2 Å². The first-order valence-corrected chi connectivity index (χ1v) is 11.5. The second-order valence-corrected chi connectivity index (χ2v) is 9.15. The van der Waals surface area contributed by atoms with Crippen LogP contribution in [0.3, 0.4) is 0 Å². The largest absolute Gasteiger partial charge is 0.355 e. The average molecular weight is 428 g/mol. The number of nitrogens with one attached hydrogen (secondary N) is 2. The molecule has 0 unspecified atom stereocenters. The molecule has 1 atom stereocenters. The number of aromatic amines is 1. The molecule has 8 nitrogen and oxygen atoms in total. The lowest BCUT2D eigenvalue weighted by Gasteiger charge is -2.31. The molecule has 9 heteroatoms. The second kappa shape index (κ2) is 8.45. The summed E-state index contributed by atoms with van der Waals surface area (Å²) >= 11 is 0. The van der Waals surface area contributed by atoms with Crippen molar-refractivity contribution in [1.29, 1.82) is 0 Å². The molecule has 30 heavy (non-hydrogen) atoms. The Hall–Kier alpha value is -2.91. The number of imidazole rings is 1. The number of hydrogen-bond acceptors (Lipinski definition) is 5. The fourth-order valence-electron chi connectivity index (χ4n) is 3.79. The van der Waals surface area contributed by atoms with Gasteiger partial charge in [-0.3, -0.25) is 4.79 Å². The number of hydrogen-bond donors (Lipinski definition) is 3. The van der Waals surface area contributed by atoms with Crippen molar-refractivity contribution in [3.8, 4) is 0 Å². The van der Waals surface area contributed by atoms with Gasteiger partial charge in [0.2, 0.25) is 21.9 Å². The molecule has 3 aromatic rings. The van der Waals surface area contributed by atoms with Gasteiger partial charge in [0.05, 0.1) is 21.8 Å². The highest BCUT2D eigenvalue weighted by Crippen LogP contribution is 2.23. The number of fused-ring (bicyclic) bond motifs is 1. The Morgan fingerprint density at radius 2 is 1.97 bits per heavy atom. The number of benzene rings is 2. The number of nitrogens with two attached hydrogens (primary N) is 1. The SMILES string of the molecule is NS(=O)(=O)c1ccc(CCNC(=O)[C@H]2CCCN(c3nc4ccccc4[nH]3)C2)cc1. The number of amides is 1. The molecular weight excluding hydrogens is 402 g/mol. The van der Waals surface area contributed by atoms with E-state index in [1.54, 1.807) is 12.1 Å². The lowest BCUT2D eigenvalue weighted by atomic mass is 9.97. The molecule has 4 rings (SSSR count). The fourth-order valence-corrected chi connectivity index (χ4v) is 4.31. The molecule has 1 aliphatic heterocycles. The highest BCUT2D eigenvalue weighted by atomic mass is 32.2. The van der Waals surface area contributed by atoms with Crippen LogP contribution in [-0.4, -0.2) is 43.9 Å². The van der Waals surface area contributed by atoms with Crippen LogP contribution in [0, 0.1) is 5.92 Å². The van der Waals surface area contributed by atoms with E-state index >= 15 is 0 Å². The van der Waals surface area contributed by atoms with Crippen LogP contribution in [0.15, 0.2) is 53.4 Å². The second-order valence-electron chi connectivity index (χ2n) is 7.59. The van der Waals surface area contributed by atoms with Gasteiger partial charge in [-0.2, -0.15) is 0 Å². The van der Waals surface area contributed by atoms with Crippen molar-refractivity contribution in [3.63, 3.8) is 0 Å². The molecule has 1 saturated heterocycles. The van der Waals surface area contributed by atoms with Gasteiger partial charge in [0.1, 0.15) is 0 Å². The summed E-state index contributed by atoms with van der Waals surface area (Å²) in [6.45, 7) is 2.00. The third-order valence-electron chi connectivity index (χ3n) is 5.43. The first-order chi connectivity index (χ1) is 14.4. The number of carbonyl (C=O) groups excluding carboxylic acids is 1. The van der Waals surface area contributed by atoms with Gasteiger partial charge in [-0.25, -0.2) is 18.5 Å². The third kappa shape index (κ3) is 4.63. The normalized spacial score (nSPS) is 17.2. The van der Waals surface area contributed by atoms with Crippen LogP contribution >= 0.6 is 0 Å². The van der Waals surface area contributed by atoms with Crippen LogP contribution in [0.2, 0.25) is 0 Å². The summed E-state index contributed by atoms with van der Waals surface area (Å²) in [5, 5.41) is 8.11. The van der Waals surface area contributed by atoms with E-state index < -0.39 is 10.0 Å². The number of H-pyrrole nitrogens is 1. The molecule has 0 radical (unpaired) electrons. The van der Waals surface area contributed by atoms with E-state index in [4.69, 9.17) is 5.14 Å². The molecule has 2 heterocycles. The summed E-state index contributed by atoms with van der Waals surface area (Å²) in [5.74, 6) is 0.761. The molecule has 158 valence electrons. The monoisotopic (exact) mass is 427 g/mol. The smallest absolute Gasteiger partial charge is 0.238 e. The third-order valence-corrected chi connectivity index (χ3v) is 6.36. The van der Waals surface area contributed by atoms with Crippen molar-refractivity contribution in [2.45, 2.75) is 24.2 Å². The number of nitrogens with zero attached hydrogens (tertiary/aromatic N) is 2. The molecule has 1 aliphatic rings. The minimum absolute atomic E-state index is 0.0389. The van der Waals surface area contributed by atoms with Crippen molar-refractivity contribution in [2.24, 2.45) is 11.1 Å². The molecule has 0 bridgehead atoms. The highest BCUT2D eigenvalue weighted by Gasteiger charge is 2.27. The molecule has 1 amide bonds. The summed E-state index contributed by atoms with van der Waals surface area (Å²) in [4.78, 5) is 22.9. The van der Waals surface area contributed by atoms with Crippen molar-refractivity contribution >= 4 is 32.9 Å². The number of para-hydroxylation sites is 2. The number of piperidine rings is 1. The summed E-state index contributed by atoms with van der Waals surface area (Å²) in [7, 11) is -3.69. The number of anilines is 1. The van der Waals surface area contributed by atoms with Crippen molar-refractivity contribution in [3.05, 3.63) is 54.1 Å². The minimum Gasteiger partial charge on any atom is -0.355 e. The maximum absolute atomic E-state index is 12.7. The maximum Gasteiger partial charge on any atom is 0.238 e. The van der Waals surface area contributed by atoms with Gasteiger partial charge in [0.25, 0.3) is 0 Å². The van der Waals surface area contributed by atoms with Crippen LogP contribution in [0.1, 0.15) is 18.4 Å². The molecular formula is C21H25N5O3S. The summed E-state index contributed by atoms with van der Waals surface area (Å²) in [5.41, 5.74) is 2.86. The lowest BCUT2D eigenvalue weighted by Crippen LogP contribution is -2.43. The number of rotatable bonds is 6. The Labute approximate surface area is 175 Å². The number of sulfonamides is 1. The van der Waals surface area contributed by atoms with E-state index in [2.05, 4.69) is 20.2 Å². The predicted octanol–water partition coefficient (Wildman–Crippen LogP) is 1.79. The van der Waals surface area contributed by atoms with E-state index in [1.807, 2.05) is 24.3 Å². The van der Waals surface area contributed by atoms with Crippen LogP contribution in [0.5, 0.6) is 0 Å². The maximum atomic E-state index is 12.7. The zero-order valence-electron chi connectivity index (χ0n) is 16.5. The van der Waals surface area contributed by atoms with Crippen molar-refractivity contribution in [2.75, 3.05) is 24.5 Å². The van der Waals surface area contributed by atoms with E-state index in [9.17, 15) is 13.2 Å². The van der Waals surface area contributed by atoms with Gasteiger partial charge >= 0.3 is 0 Å². The fraction of sp³-hybridized carbons (Fsp3) is 0.333. The Kier molecular flexibility index (Phi) is 5.74. The molecule has 1 aromatic heterocycles. The van der Waals surface area contributed by atoms with Gasteiger partial charge in [0, 0.05) is 19.6 Å². The number of carbonyl (C=O) groups is 1. The number of aromatic nitrogens is 2. The molecule has 0 spiro atoms. The quantitative estimate of drug-likeness (QED) is 0.554. The van der Waals surface area contributed by atoms with Gasteiger partial charge in [-0.1, -0.05) is 24.3 Å². The lowest BCUT2D eigenvalue weighted by molar-refractivity contribution is -0.125. The highest BCUT2D eigenvalue weighted by molar-refractivity contribution is 7.89. The van der Waals surface area contributed by atoms with E-state index in [0.29, 0.717) is 19.5 Å². The van der Waals surface area contributed by atoms with Crippen LogP contribution in [0.25, 0.3) is 11.0 Å². The first-order valence-electron chi connectivity index (χ1n) is 9.99. The van der Waals surface area contributed by atoms with Crippen LogP contribution in [0.4, 0.5) is 5.95 Å². The molecule has 4 N–H and O–H groups in total. The molecule has 0 aliphatic carbocycles. The Morgan fingerprint density at radius 1 is 1.20 bits per heavy atom. The van der Waals surface area contributed by atoms with E-state index in [1.165, 1.54) is 12.1 Å². The standard InChI is InChI=1S/C21H25N5O3S/c22-30(28,29)17-9-7-15(8-10-17)11-12-23-20(27)16-4-3-13-26(14-16)21-24-18-5-1-2-6-19(18)25-21/h1-2,5-10,16H,3-4,11-14H2,(H,23,27)(H,24,25)(H2,22,28,29)/t16-/m0/s1. The Balaban J connectivity index is 1.31. The van der Waals surface area contributed by atoms with E-state index in [0.717, 1.165) is 41.9 Å². The molecule has 2 aromatic carbocycles. The number of primary sulfonamides is 1. The predicted molar refractivity (Wildman–Crippen MR) is 116 cm³/mol. The molecule has 1 fully saturated rings. The summed E-state index contributed by atoms with van der Waals surface area (Å²) in [6, 6.07) is 14.3. The zero-order valence-corrected chi connectivity index (χ0v) is 17.4. The first kappa shape index (κ1) is 20.4. The Bertz CT molecular complexity index is 1110. The average Bonchev–Trinajstić information content (AvgIpc) is 3.18. The summed E-state index contributed by atoms with van der Waals surface area (Å²) < 4.78 is 22.6. The van der Waals surface area contributed by atoms with Crippen molar-refractivity contribution < 1.29 is 13.2 Å². The topological polar surface area (TPSA) is 121 Å². The van der Waals surface area contributed by atoms with E-state index in [-0.39, 0.29) is 16.7 Å². The van der Waals surface area contributed by atoms with Crippen molar-refractivity contribution in [1.82, 2.24) is 15.3 Å². The minimum atomic E-state index is -3.69. The van der Waals surface area contributed by atoms with Crippen LogP contribution in [-0.2, 0) is 21.2 Å².